The molecule has 2 aromatic heterocycles. The van der Waals surface area contributed by atoms with Gasteiger partial charge in [-0.05, 0) is 44.4 Å². The van der Waals surface area contributed by atoms with Gasteiger partial charge in [-0.25, -0.2) is 4.98 Å². The van der Waals surface area contributed by atoms with E-state index in [1.54, 1.807) is 25.2 Å². The molecule has 0 saturated carbocycles. The summed E-state index contributed by atoms with van der Waals surface area (Å²) < 4.78 is 1.02. The third kappa shape index (κ3) is 3.25. The van der Waals surface area contributed by atoms with Gasteiger partial charge in [-0.1, -0.05) is 0 Å². The van der Waals surface area contributed by atoms with Crippen LogP contribution in [0.5, 0.6) is 5.75 Å². The number of phenols is 1. The largest absolute Gasteiger partial charge is 0.507 e. The van der Waals surface area contributed by atoms with Crippen molar-refractivity contribution in [1.82, 2.24) is 15.2 Å². The average molecular weight is 330 g/mol. The summed E-state index contributed by atoms with van der Waals surface area (Å²) in [7, 11) is 0. The van der Waals surface area contributed by atoms with Crippen LogP contribution in [0.3, 0.4) is 0 Å². The minimum absolute atomic E-state index is 0.195. The number of anilines is 1. The first-order valence-electron chi connectivity index (χ1n) is 7.22. The number of aliphatic hydroxyl groups is 1. The van der Waals surface area contributed by atoms with E-state index < -0.39 is 5.60 Å². The van der Waals surface area contributed by atoms with Gasteiger partial charge in [0.25, 0.3) is 0 Å². The van der Waals surface area contributed by atoms with Crippen LogP contribution in [0.2, 0.25) is 0 Å². The van der Waals surface area contributed by atoms with E-state index in [1.165, 1.54) is 0 Å². The van der Waals surface area contributed by atoms with Gasteiger partial charge in [0.2, 0.25) is 5.95 Å². The highest BCUT2D eigenvalue weighted by molar-refractivity contribution is 7.17. The molecule has 3 rings (SSSR count). The number of rotatable bonds is 4. The summed E-state index contributed by atoms with van der Waals surface area (Å²) in [5, 5.41) is 34.1. The Morgan fingerprint density at radius 1 is 1.22 bits per heavy atom. The van der Waals surface area contributed by atoms with Crippen LogP contribution < -0.4 is 5.32 Å². The standard InChI is InChI=1S/C16H18N4O2S/c1-9-13(19-20-15(18-9)17-8-16(2,3)22)11-4-5-12-10(14(11)21)6-7-23-12/h4-7,21-22H,8H2,1-3H3,(H,17,18,20). The van der Waals surface area contributed by atoms with E-state index in [2.05, 4.69) is 20.5 Å². The van der Waals surface area contributed by atoms with Crippen molar-refractivity contribution >= 4 is 27.4 Å². The van der Waals surface area contributed by atoms with E-state index in [0.29, 0.717) is 29.4 Å². The highest BCUT2D eigenvalue weighted by Crippen LogP contribution is 2.37. The van der Waals surface area contributed by atoms with Crippen molar-refractivity contribution in [3.63, 3.8) is 0 Å². The number of hydrogen-bond acceptors (Lipinski definition) is 7. The Kier molecular flexibility index (Phi) is 3.91. The lowest BCUT2D eigenvalue weighted by Crippen LogP contribution is -2.30. The van der Waals surface area contributed by atoms with Crippen LogP contribution in [-0.4, -0.2) is 37.5 Å². The van der Waals surface area contributed by atoms with E-state index >= 15 is 0 Å². The number of nitrogens with zero attached hydrogens (tertiary/aromatic N) is 3. The number of thiophene rings is 1. The van der Waals surface area contributed by atoms with Gasteiger partial charge in [0.15, 0.2) is 0 Å². The van der Waals surface area contributed by atoms with Crippen LogP contribution in [0.1, 0.15) is 19.5 Å². The summed E-state index contributed by atoms with van der Waals surface area (Å²) in [6.07, 6.45) is 0. The SMILES string of the molecule is Cc1nc(NCC(C)(C)O)nnc1-c1ccc2sccc2c1O. The highest BCUT2D eigenvalue weighted by atomic mass is 32.1. The van der Waals surface area contributed by atoms with Crippen molar-refractivity contribution in [3.8, 4) is 17.0 Å². The van der Waals surface area contributed by atoms with Crippen molar-refractivity contribution < 1.29 is 10.2 Å². The molecule has 0 aliphatic rings. The average Bonchev–Trinajstić information content (AvgIpc) is 2.95. The molecule has 1 aromatic carbocycles. The zero-order chi connectivity index (χ0) is 16.6. The molecule has 0 aliphatic carbocycles. The van der Waals surface area contributed by atoms with Gasteiger partial charge in [0, 0.05) is 22.2 Å². The third-order valence-corrected chi connectivity index (χ3v) is 4.28. The molecule has 0 aliphatic heterocycles. The van der Waals surface area contributed by atoms with E-state index in [-0.39, 0.29) is 5.75 Å². The van der Waals surface area contributed by atoms with Crippen molar-refractivity contribution in [2.75, 3.05) is 11.9 Å². The van der Waals surface area contributed by atoms with Crippen LogP contribution in [0.25, 0.3) is 21.3 Å². The first kappa shape index (κ1) is 15.6. The fraction of sp³-hybridized carbons (Fsp3) is 0.312. The molecule has 0 spiro atoms. The van der Waals surface area contributed by atoms with Gasteiger partial charge in [-0.3, -0.25) is 0 Å². The van der Waals surface area contributed by atoms with Gasteiger partial charge >= 0.3 is 0 Å². The summed E-state index contributed by atoms with van der Waals surface area (Å²) in [6, 6.07) is 5.67. The third-order valence-electron chi connectivity index (χ3n) is 3.40. The molecule has 3 aromatic rings. The maximum absolute atomic E-state index is 10.5. The molecule has 0 amide bonds. The number of aryl methyl sites for hydroxylation is 1. The van der Waals surface area contributed by atoms with Gasteiger partial charge in [0.1, 0.15) is 11.4 Å². The lowest BCUT2D eigenvalue weighted by Gasteiger charge is -2.17. The molecule has 0 atom stereocenters. The van der Waals surface area contributed by atoms with Gasteiger partial charge in [-0.2, -0.15) is 0 Å². The summed E-state index contributed by atoms with van der Waals surface area (Å²) in [5.41, 5.74) is 0.952. The maximum Gasteiger partial charge on any atom is 0.243 e. The highest BCUT2D eigenvalue weighted by Gasteiger charge is 2.16. The van der Waals surface area contributed by atoms with Crippen LogP contribution in [0.15, 0.2) is 23.6 Å². The minimum Gasteiger partial charge on any atom is -0.507 e. The molecule has 0 radical (unpaired) electrons. The van der Waals surface area contributed by atoms with Gasteiger partial charge in [-0.15, -0.1) is 21.5 Å². The lowest BCUT2D eigenvalue weighted by atomic mass is 10.1. The number of benzene rings is 1. The Balaban J connectivity index is 1.95. The topological polar surface area (TPSA) is 91.2 Å². The zero-order valence-electron chi connectivity index (χ0n) is 13.2. The van der Waals surface area contributed by atoms with E-state index in [0.717, 1.165) is 10.1 Å². The molecule has 3 N–H and O–H groups in total. The summed E-state index contributed by atoms with van der Waals surface area (Å²) >= 11 is 1.58. The number of aromatic nitrogens is 3. The fourth-order valence-electron chi connectivity index (χ4n) is 2.24. The Hall–Kier alpha value is -2.25. The van der Waals surface area contributed by atoms with Crippen LogP contribution in [0.4, 0.5) is 5.95 Å². The Labute approximate surface area is 137 Å². The maximum atomic E-state index is 10.5. The Bertz CT molecular complexity index is 855. The van der Waals surface area contributed by atoms with E-state index in [9.17, 15) is 10.2 Å². The smallest absolute Gasteiger partial charge is 0.243 e. The number of aromatic hydroxyl groups is 1. The summed E-state index contributed by atoms with van der Waals surface area (Å²) in [4.78, 5) is 4.36. The second kappa shape index (κ2) is 5.75. The molecule has 6 nitrogen and oxygen atoms in total. The molecule has 0 unspecified atom stereocenters. The quantitative estimate of drug-likeness (QED) is 0.681. The van der Waals surface area contributed by atoms with Crippen molar-refractivity contribution in [2.45, 2.75) is 26.4 Å². The van der Waals surface area contributed by atoms with E-state index in [4.69, 9.17) is 0 Å². The summed E-state index contributed by atoms with van der Waals surface area (Å²) in [6.45, 7) is 5.53. The minimum atomic E-state index is -0.863. The monoisotopic (exact) mass is 330 g/mol. The molecule has 23 heavy (non-hydrogen) atoms. The molecular weight excluding hydrogens is 312 g/mol. The number of phenolic OH excluding ortho intramolecular Hbond substituents is 1. The second-order valence-electron chi connectivity index (χ2n) is 6.03. The van der Waals surface area contributed by atoms with Crippen LogP contribution in [0, 0.1) is 6.92 Å². The Morgan fingerprint density at radius 2 is 2.00 bits per heavy atom. The normalized spacial score (nSPS) is 11.8. The molecule has 0 saturated heterocycles. The van der Waals surface area contributed by atoms with Crippen LogP contribution >= 0.6 is 11.3 Å². The molecule has 120 valence electrons. The zero-order valence-corrected chi connectivity index (χ0v) is 14.0. The molecule has 2 heterocycles. The second-order valence-corrected chi connectivity index (χ2v) is 6.98. The van der Waals surface area contributed by atoms with Gasteiger partial charge in [0.05, 0.1) is 11.3 Å². The first-order valence-corrected chi connectivity index (χ1v) is 8.10. The van der Waals surface area contributed by atoms with Gasteiger partial charge < -0.3 is 15.5 Å². The predicted molar refractivity (Wildman–Crippen MR) is 91.8 cm³/mol. The molecule has 0 bridgehead atoms. The number of nitrogens with one attached hydrogen (secondary N) is 1. The van der Waals surface area contributed by atoms with Crippen molar-refractivity contribution in [1.29, 1.82) is 0 Å². The number of hydrogen-bond donors (Lipinski definition) is 3. The van der Waals surface area contributed by atoms with Crippen molar-refractivity contribution in [3.05, 3.63) is 29.3 Å². The first-order chi connectivity index (χ1) is 10.8. The molecule has 7 heteroatoms. The molecule has 0 fully saturated rings. The predicted octanol–water partition coefficient (Wildman–Crippen LogP) is 2.95. The molecular formula is C16H18N4O2S. The van der Waals surface area contributed by atoms with Crippen molar-refractivity contribution in [2.24, 2.45) is 0 Å². The number of fused-ring (bicyclic) bond motifs is 1. The lowest BCUT2D eigenvalue weighted by molar-refractivity contribution is 0.0943. The van der Waals surface area contributed by atoms with E-state index in [1.807, 2.05) is 30.5 Å². The summed E-state index contributed by atoms with van der Waals surface area (Å²) in [5.74, 6) is 0.546. The van der Waals surface area contributed by atoms with Crippen LogP contribution in [-0.2, 0) is 0 Å². The fourth-order valence-corrected chi connectivity index (χ4v) is 3.03. The Morgan fingerprint density at radius 3 is 2.70 bits per heavy atom.